The van der Waals surface area contributed by atoms with E-state index in [1.807, 2.05) is 18.2 Å². The third-order valence-corrected chi connectivity index (χ3v) is 5.56. The number of nitrogens with zero attached hydrogens (tertiary/aromatic N) is 4. The van der Waals surface area contributed by atoms with Crippen LogP contribution < -0.4 is 14.8 Å². The average molecular weight is 501 g/mol. The van der Waals surface area contributed by atoms with E-state index in [1.54, 1.807) is 18.9 Å². The Morgan fingerprint density at radius 1 is 1.25 bits per heavy atom. The lowest BCUT2D eigenvalue weighted by atomic mass is 9.88. The van der Waals surface area contributed by atoms with Crippen LogP contribution in [-0.4, -0.2) is 39.9 Å². The molecule has 1 aliphatic rings. The standard InChI is InChI=1S/C18H18F2IN5O2/c1-27-12-4-3-10(13(5-12)28-2)8-22-16-14-15(21)25-26(17(14)24-9-23-16)11-6-18(19,20)7-11/h3-5,9,11H,6-8H2,1-2H3,(H,22,23,24). The molecule has 1 aromatic carbocycles. The lowest BCUT2D eigenvalue weighted by molar-refractivity contribution is -0.106. The summed E-state index contributed by atoms with van der Waals surface area (Å²) in [6.45, 7) is 0.460. The second kappa shape index (κ2) is 7.30. The van der Waals surface area contributed by atoms with Crippen molar-refractivity contribution < 1.29 is 18.3 Å². The zero-order chi connectivity index (χ0) is 19.9. The van der Waals surface area contributed by atoms with Gasteiger partial charge in [-0.25, -0.2) is 23.4 Å². The molecule has 3 aromatic rings. The second-order valence-electron chi connectivity index (χ2n) is 6.61. The van der Waals surface area contributed by atoms with Crippen LogP contribution in [0.15, 0.2) is 24.5 Å². The SMILES string of the molecule is COc1ccc(CNc2ncnc3c2c(I)nn3C2CC(F)(F)C2)c(OC)c1. The molecule has 0 bridgehead atoms. The number of ether oxygens (including phenoxy) is 2. The lowest BCUT2D eigenvalue weighted by Gasteiger charge is -2.34. The van der Waals surface area contributed by atoms with E-state index in [-0.39, 0.29) is 18.9 Å². The van der Waals surface area contributed by atoms with Crippen LogP contribution in [0, 0.1) is 3.70 Å². The summed E-state index contributed by atoms with van der Waals surface area (Å²) in [7, 11) is 3.20. The zero-order valence-electron chi connectivity index (χ0n) is 15.2. The Morgan fingerprint density at radius 2 is 2.04 bits per heavy atom. The van der Waals surface area contributed by atoms with E-state index in [0.29, 0.717) is 33.2 Å². The Bertz CT molecular complexity index is 1020. The maximum Gasteiger partial charge on any atom is 0.252 e. The van der Waals surface area contributed by atoms with Crippen molar-refractivity contribution in [3.8, 4) is 11.5 Å². The molecule has 0 saturated heterocycles. The highest BCUT2D eigenvalue weighted by molar-refractivity contribution is 14.1. The first-order chi connectivity index (χ1) is 13.4. The molecule has 7 nitrogen and oxygen atoms in total. The number of anilines is 1. The Labute approximate surface area is 173 Å². The molecule has 1 N–H and O–H groups in total. The van der Waals surface area contributed by atoms with Crippen LogP contribution >= 0.6 is 22.6 Å². The van der Waals surface area contributed by atoms with Gasteiger partial charge in [0.25, 0.3) is 5.92 Å². The van der Waals surface area contributed by atoms with E-state index in [0.717, 1.165) is 10.9 Å². The molecule has 1 fully saturated rings. The minimum Gasteiger partial charge on any atom is -0.497 e. The van der Waals surface area contributed by atoms with Crippen molar-refractivity contribution in [1.82, 2.24) is 19.7 Å². The normalized spacial score (nSPS) is 16.0. The van der Waals surface area contributed by atoms with Gasteiger partial charge in [-0.2, -0.15) is 5.10 Å². The van der Waals surface area contributed by atoms with Gasteiger partial charge in [0.1, 0.15) is 27.3 Å². The van der Waals surface area contributed by atoms with Gasteiger partial charge in [0.2, 0.25) is 0 Å². The van der Waals surface area contributed by atoms with Gasteiger partial charge < -0.3 is 14.8 Å². The van der Waals surface area contributed by atoms with Crippen molar-refractivity contribution in [3.05, 3.63) is 33.8 Å². The second-order valence-corrected chi connectivity index (χ2v) is 7.63. The average Bonchev–Trinajstić information content (AvgIpc) is 3.01. The highest BCUT2D eigenvalue weighted by Gasteiger charge is 2.47. The van der Waals surface area contributed by atoms with E-state index >= 15 is 0 Å². The molecule has 148 valence electrons. The summed E-state index contributed by atoms with van der Waals surface area (Å²) in [5.74, 6) is -0.616. The third kappa shape index (κ3) is 3.45. The van der Waals surface area contributed by atoms with Crippen LogP contribution in [0.5, 0.6) is 11.5 Å². The van der Waals surface area contributed by atoms with Crippen molar-refractivity contribution in [2.45, 2.75) is 31.4 Å². The topological polar surface area (TPSA) is 74.1 Å². The zero-order valence-corrected chi connectivity index (χ0v) is 17.4. The highest BCUT2D eigenvalue weighted by atomic mass is 127. The number of benzene rings is 1. The van der Waals surface area contributed by atoms with Crippen LogP contribution in [0.3, 0.4) is 0 Å². The van der Waals surface area contributed by atoms with Crippen LogP contribution in [0.4, 0.5) is 14.6 Å². The number of halogens is 3. The summed E-state index contributed by atoms with van der Waals surface area (Å²) in [4.78, 5) is 8.61. The van der Waals surface area contributed by atoms with Gasteiger partial charge in [-0.05, 0) is 34.7 Å². The molecule has 2 heterocycles. The first-order valence-electron chi connectivity index (χ1n) is 8.63. The fourth-order valence-corrected chi connectivity index (χ4v) is 4.03. The first kappa shape index (κ1) is 19.1. The molecule has 1 saturated carbocycles. The number of rotatable bonds is 6. The van der Waals surface area contributed by atoms with E-state index in [2.05, 4.69) is 43.0 Å². The van der Waals surface area contributed by atoms with E-state index in [1.165, 1.54) is 6.33 Å². The van der Waals surface area contributed by atoms with Crippen LogP contribution in [0.25, 0.3) is 11.0 Å². The molecule has 2 aromatic heterocycles. The molecule has 28 heavy (non-hydrogen) atoms. The number of nitrogens with one attached hydrogen (secondary N) is 1. The van der Waals surface area contributed by atoms with Crippen molar-refractivity contribution in [2.75, 3.05) is 19.5 Å². The van der Waals surface area contributed by atoms with Gasteiger partial charge in [-0.3, -0.25) is 0 Å². The van der Waals surface area contributed by atoms with Crippen molar-refractivity contribution in [2.24, 2.45) is 0 Å². The first-order valence-corrected chi connectivity index (χ1v) is 9.71. The monoisotopic (exact) mass is 501 g/mol. The third-order valence-electron chi connectivity index (χ3n) is 4.80. The summed E-state index contributed by atoms with van der Waals surface area (Å²) in [5, 5.41) is 8.45. The maximum atomic E-state index is 13.3. The summed E-state index contributed by atoms with van der Waals surface area (Å²) in [6.07, 6.45) is 0.992. The summed E-state index contributed by atoms with van der Waals surface area (Å²) < 4.78 is 39.5. The number of hydrogen-bond donors (Lipinski definition) is 1. The molecule has 10 heteroatoms. The molecular formula is C18H18F2IN5O2. The van der Waals surface area contributed by atoms with Crippen LogP contribution in [0.2, 0.25) is 0 Å². The smallest absolute Gasteiger partial charge is 0.252 e. The summed E-state index contributed by atoms with van der Waals surface area (Å²) >= 11 is 2.08. The quantitative estimate of drug-likeness (QED) is 0.515. The van der Waals surface area contributed by atoms with Gasteiger partial charge in [0.05, 0.1) is 25.6 Å². The predicted molar refractivity (Wildman–Crippen MR) is 108 cm³/mol. The largest absolute Gasteiger partial charge is 0.497 e. The lowest BCUT2D eigenvalue weighted by Crippen LogP contribution is -2.37. The predicted octanol–water partition coefficient (Wildman–Crippen LogP) is 4.03. The molecule has 1 aliphatic carbocycles. The molecule has 0 atom stereocenters. The van der Waals surface area contributed by atoms with Crippen molar-refractivity contribution >= 4 is 39.4 Å². The molecule has 0 amide bonds. The van der Waals surface area contributed by atoms with Crippen LogP contribution in [0.1, 0.15) is 24.4 Å². The molecular weight excluding hydrogens is 483 g/mol. The Kier molecular flexibility index (Phi) is 4.98. The van der Waals surface area contributed by atoms with Gasteiger partial charge >= 0.3 is 0 Å². The number of aromatic nitrogens is 4. The summed E-state index contributed by atoms with van der Waals surface area (Å²) in [6, 6.07) is 5.23. The molecule has 0 spiro atoms. The molecule has 4 rings (SSSR count). The van der Waals surface area contributed by atoms with Gasteiger partial charge in [0.15, 0.2) is 5.65 Å². The van der Waals surface area contributed by atoms with Gasteiger partial charge in [-0.1, -0.05) is 0 Å². The Balaban J connectivity index is 1.61. The number of methoxy groups -OCH3 is 2. The van der Waals surface area contributed by atoms with Crippen LogP contribution in [-0.2, 0) is 6.54 Å². The summed E-state index contributed by atoms with van der Waals surface area (Å²) in [5.41, 5.74) is 1.49. The Hall–Kier alpha value is -2.24. The van der Waals surface area contributed by atoms with Crippen molar-refractivity contribution in [1.29, 1.82) is 0 Å². The molecule has 0 radical (unpaired) electrons. The molecule has 0 aliphatic heterocycles. The number of alkyl halides is 2. The minimum absolute atomic E-state index is 0.213. The van der Waals surface area contributed by atoms with Gasteiger partial charge in [0, 0.05) is 31.0 Å². The number of hydrogen-bond acceptors (Lipinski definition) is 6. The highest BCUT2D eigenvalue weighted by Crippen LogP contribution is 2.46. The Morgan fingerprint density at radius 3 is 2.71 bits per heavy atom. The maximum absolute atomic E-state index is 13.3. The van der Waals surface area contributed by atoms with Gasteiger partial charge in [-0.15, -0.1) is 0 Å². The van der Waals surface area contributed by atoms with E-state index in [9.17, 15) is 8.78 Å². The fourth-order valence-electron chi connectivity index (χ4n) is 3.30. The van der Waals surface area contributed by atoms with E-state index < -0.39 is 5.92 Å². The minimum atomic E-state index is -2.62. The molecule has 0 unspecified atom stereocenters. The number of fused-ring (bicyclic) bond motifs is 1. The van der Waals surface area contributed by atoms with E-state index in [4.69, 9.17) is 9.47 Å². The van der Waals surface area contributed by atoms with Crippen molar-refractivity contribution in [3.63, 3.8) is 0 Å². The fraction of sp³-hybridized carbons (Fsp3) is 0.389.